The lowest BCUT2D eigenvalue weighted by Gasteiger charge is -2.24. The van der Waals surface area contributed by atoms with Crippen LogP contribution in [-0.4, -0.2) is 40.2 Å². The number of hydrogen-bond acceptors (Lipinski definition) is 5. The van der Waals surface area contributed by atoms with Gasteiger partial charge in [0.25, 0.3) is 0 Å². The van der Waals surface area contributed by atoms with Gasteiger partial charge in [-0.05, 0) is 35.2 Å². The van der Waals surface area contributed by atoms with Crippen LogP contribution in [0.4, 0.5) is 11.6 Å². The lowest BCUT2D eigenvalue weighted by Crippen LogP contribution is -2.40. The lowest BCUT2D eigenvalue weighted by molar-refractivity contribution is -0.388. The van der Waals surface area contributed by atoms with Gasteiger partial charge in [0.15, 0.2) is 0 Å². The van der Waals surface area contributed by atoms with Gasteiger partial charge in [0, 0.05) is 33.1 Å². The number of nitro groups is 1. The van der Waals surface area contributed by atoms with Crippen LogP contribution in [0.2, 0.25) is 0 Å². The third kappa shape index (κ3) is 1.98. The van der Waals surface area contributed by atoms with Crippen LogP contribution in [0.25, 0.3) is 0 Å². The first-order valence-corrected chi connectivity index (χ1v) is 6.74. The highest BCUT2D eigenvalue weighted by Crippen LogP contribution is 2.34. The predicted octanol–water partition coefficient (Wildman–Crippen LogP) is 0.825. The van der Waals surface area contributed by atoms with Crippen LogP contribution in [0.5, 0.6) is 0 Å². The number of hydrogen-bond donors (Lipinski definition) is 1. The minimum absolute atomic E-state index is 0.0151. The molecule has 0 saturated carbocycles. The predicted molar refractivity (Wildman–Crippen MR) is 71.3 cm³/mol. The van der Waals surface area contributed by atoms with Gasteiger partial charge in [-0.15, -0.1) is 0 Å². The first-order valence-electron chi connectivity index (χ1n) is 6.74. The average Bonchev–Trinajstić information content (AvgIpc) is 2.91. The molecule has 0 aromatic carbocycles. The second kappa shape index (κ2) is 4.48. The number of nitrogens with one attached hydrogen (secondary N) is 1. The monoisotopic (exact) mass is 265 g/mol. The number of aryl methyl sites for hydroxylation is 1. The molecule has 2 fully saturated rings. The maximum absolute atomic E-state index is 11.1. The summed E-state index contributed by atoms with van der Waals surface area (Å²) in [5.74, 6) is 1.92. The number of piperidine rings is 1. The molecule has 2 atom stereocenters. The van der Waals surface area contributed by atoms with Crippen molar-refractivity contribution in [1.82, 2.24) is 14.9 Å². The molecule has 0 spiro atoms. The highest BCUT2D eigenvalue weighted by Gasteiger charge is 2.39. The number of fused-ring (bicyclic) bond motifs is 1. The van der Waals surface area contributed by atoms with E-state index >= 15 is 0 Å². The van der Waals surface area contributed by atoms with Crippen molar-refractivity contribution in [2.75, 3.05) is 24.5 Å². The Labute approximate surface area is 111 Å². The zero-order chi connectivity index (χ0) is 13.6. The smallest absolute Gasteiger partial charge is 0.358 e. The van der Waals surface area contributed by atoms with Gasteiger partial charge in [-0.2, -0.15) is 0 Å². The van der Waals surface area contributed by atoms with E-state index in [9.17, 15) is 10.1 Å². The Morgan fingerprint density at radius 1 is 1.47 bits per heavy atom. The van der Waals surface area contributed by atoms with Gasteiger partial charge in [0.2, 0.25) is 11.6 Å². The fourth-order valence-corrected chi connectivity index (χ4v) is 3.28. The Bertz CT molecular complexity index is 498. The summed E-state index contributed by atoms with van der Waals surface area (Å²) in [6.45, 7) is 4.58. The SMILES string of the molecule is Cc1nc([N+](=O)[O-])c(N2CC3CCCNC3C2)n1C. The Hall–Kier alpha value is -1.63. The summed E-state index contributed by atoms with van der Waals surface area (Å²) in [5.41, 5.74) is 0. The van der Waals surface area contributed by atoms with E-state index in [0.29, 0.717) is 23.6 Å². The zero-order valence-corrected chi connectivity index (χ0v) is 11.3. The topological polar surface area (TPSA) is 76.2 Å². The molecule has 0 aliphatic carbocycles. The highest BCUT2D eigenvalue weighted by atomic mass is 16.6. The van der Waals surface area contributed by atoms with E-state index in [4.69, 9.17) is 0 Å². The van der Waals surface area contributed by atoms with Gasteiger partial charge in [0.05, 0.1) is 0 Å². The summed E-state index contributed by atoms with van der Waals surface area (Å²) in [4.78, 5) is 17.0. The van der Waals surface area contributed by atoms with Crippen LogP contribution in [0.1, 0.15) is 18.7 Å². The summed E-state index contributed by atoms with van der Waals surface area (Å²) < 4.78 is 1.83. The Balaban J connectivity index is 1.92. The molecule has 1 N–H and O–H groups in total. The zero-order valence-electron chi connectivity index (χ0n) is 11.3. The first kappa shape index (κ1) is 12.4. The van der Waals surface area contributed by atoms with Crippen molar-refractivity contribution in [3.05, 3.63) is 15.9 Å². The summed E-state index contributed by atoms with van der Waals surface area (Å²) >= 11 is 0. The van der Waals surface area contributed by atoms with Crippen LogP contribution >= 0.6 is 0 Å². The molecule has 1 aromatic rings. The minimum atomic E-state index is -0.377. The Morgan fingerprint density at radius 2 is 2.26 bits per heavy atom. The normalized spacial score (nSPS) is 26.5. The standard InChI is InChI=1S/C12H19N5O2/c1-8-14-11(17(18)19)12(15(8)2)16-6-9-4-3-5-13-10(9)7-16/h9-10,13H,3-7H2,1-2H3. The molecule has 0 bridgehead atoms. The van der Waals surface area contributed by atoms with E-state index < -0.39 is 0 Å². The van der Waals surface area contributed by atoms with Crippen molar-refractivity contribution < 1.29 is 4.92 Å². The van der Waals surface area contributed by atoms with Crippen molar-refractivity contribution in [1.29, 1.82) is 0 Å². The van der Waals surface area contributed by atoms with Gasteiger partial charge >= 0.3 is 5.82 Å². The molecular weight excluding hydrogens is 246 g/mol. The van der Waals surface area contributed by atoms with Gasteiger partial charge in [0.1, 0.15) is 0 Å². The summed E-state index contributed by atoms with van der Waals surface area (Å²) in [6, 6.07) is 0.462. The highest BCUT2D eigenvalue weighted by molar-refractivity contribution is 5.57. The second-order valence-corrected chi connectivity index (χ2v) is 5.49. The van der Waals surface area contributed by atoms with Crippen molar-refractivity contribution in [3.63, 3.8) is 0 Å². The second-order valence-electron chi connectivity index (χ2n) is 5.49. The maximum Gasteiger partial charge on any atom is 0.406 e. The molecule has 7 nitrogen and oxygen atoms in total. The van der Waals surface area contributed by atoms with Crippen molar-refractivity contribution in [3.8, 4) is 0 Å². The molecule has 19 heavy (non-hydrogen) atoms. The molecule has 104 valence electrons. The molecular formula is C12H19N5O2. The quantitative estimate of drug-likeness (QED) is 0.633. The fourth-order valence-electron chi connectivity index (χ4n) is 3.28. The molecule has 2 saturated heterocycles. The van der Waals surface area contributed by atoms with E-state index in [1.165, 1.54) is 12.8 Å². The number of rotatable bonds is 2. The van der Waals surface area contributed by atoms with Crippen LogP contribution in [0, 0.1) is 23.0 Å². The Kier molecular flexibility index (Phi) is 2.93. The molecule has 2 aliphatic heterocycles. The third-order valence-electron chi connectivity index (χ3n) is 4.34. The molecule has 0 amide bonds. The van der Waals surface area contributed by atoms with Crippen LogP contribution in [-0.2, 0) is 7.05 Å². The van der Waals surface area contributed by atoms with Gasteiger partial charge in [-0.1, -0.05) is 0 Å². The number of aromatic nitrogens is 2. The van der Waals surface area contributed by atoms with Crippen molar-refractivity contribution in [2.24, 2.45) is 13.0 Å². The van der Waals surface area contributed by atoms with Gasteiger partial charge < -0.3 is 20.3 Å². The van der Waals surface area contributed by atoms with Crippen LogP contribution in [0.15, 0.2) is 0 Å². The Morgan fingerprint density at radius 3 is 2.95 bits per heavy atom. The van der Waals surface area contributed by atoms with Gasteiger partial charge in [-0.3, -0.25) is 4.57 Å². The number of imidazole rings is 1. The number of anilines is 1. The molecule has 3 rings (SSSR count). The van der Waals surface area contributed by atoms with Crippen LogP contribution in [0.3, 0.4) is 0 Å². The molecule has 2 unspecified atom stereocenters. The lowest BCUT2D eigenvalue weighted by atomic mass is 9.94. The largest absolute Gasteiger partial charge is 0.406 e. The molecule has 3 heterocycles. The summed E-state index contributed by atoms with van der Waals surface area (Å²) in [6.07, 6.45) is 2.40. The molecule has 0 radical (unpaired) electrons. The van der Waals surface area contributed by atoms with Gasteiger partial charge in [-0.25, -0.2) is 0 Å². The summed E-state index contributed by atoms with van der Waals surface area (Å²) in [5, 5.41) is 14.7. The number of nitrogens with zero attached hydrogens (tertiary/aromatic N) is 4. The molecule has 1 aromatic heterocycles. The van der Waals surface area contributed by atoms with E-state index in [1.807, 2.05) is 11.6 Å². The fraction of sp³-hybridized carbons (Fsp3) is 0.750. The third-order valence-corrected chi connectivity index (χ3v) is 4.34. The minimum Gasteiger partial charge on any atom is -0.358 e. The van der Waals surface area contributed by atoms with E-state index in [0.717, 1.165) is 19.6 Å². The van der Waals surface area contributed by atoms with E-state index in [2.05, 4.69) is 15.2 Å². The van der Waals surface area contributed by atoms with Crippen molar-refractivity contribution in [2.45, 2.75) is 25.8 Å². The van der Waals surface area contributed by atoms with Crippen molar-refractivity contribution >= 4 is 11.6 Å². The first-order chi connectivity index (χ1) is 9.08. The van der Waals surface area contributed by atoms with Crippen LogP contribution < -0.4 is 10.2 Å². The average molecular weight is 265 g/mol. The molecule has 2 aliphatic rings. The van der Waals surface area contributed by atoms with E-state index in [1.54, 1.807) is 6.92 Å². The van der Waals surface area contributed by atoms with E-state index in [-0.39, 0.29) is 10.7 Å². The summed E-state index contributed by atoms with van der Waals surface area (Å²) in [7, 11) is 1.85. The molecule has 7 heteroatoms. The maximum atomic E-state index is 11.1.